The zero-order valence-corrected chi connectivity index (χ0v) is 13.1. The van der Waals surface area contributed by atoms with Crippen LogP contribution in [0, 0.1) is 17.8 Å². The highest BCUT2D eigenvalue weighted by atomic mass is 16.5. The van der Waals surface area contributed by atoms with Crippen LogP contribution in [-0.2, 0) is 4.74 Å². The van der Waals surface area contributed by atoms with E-state index in [-0.39, 0.29) is 12.8 Å². The lowest BCUT2D eigenvalue weighted by Crippen LogP contribution is -2.63. The normalized spacial score (nSPS) is 26.4. The van der Waals surface area contributed by atoms with Gasteiger partial charge in [-0.05, 0) is 25.7 Å². The molecule has 1 aliphatic rings. The first-order valence-corrected chi connectivity index (χ1v) is 7.90. The van der Waals surface area contributed by atoms with Gasteiger partial charge in [0.2, 0.25) is 0 Å². The molecule has 4 nitrogen and oxygen atoms in total. The summed E-state index contributed by atoms with van der Waals surface area (Å²) in [6.45, 7) is 7.87. The molecular formula is C16H30N2O2. The van der Waals surface area contributed by atoms with Gasteiger partial charge >= 0.3 is 0 Å². The maximum Gasteiger partial charge on any atom is 0.125 e. The minimum Gasteiger partial charge on any atom is -0.384 e. The molecule has 0 aliphatic carbocycles. The van der Waals surface area contributed by atoms with Crippen LogP contribution in [0.15, 0.2) is 0 Å². The minimum atomic E-state index is -0.103. The number of rotatable bonds is 7. The molecule has 0 aromatic carbocycles. The van der Waals surface area contributed by atoms with Crippen LogP contribution in [0.5, 0.6) is 0 Å². The Morgan fingerprint density at radius 1 is 1.25 bits per heavy atom. The van der Waals surface area contributed by atoms with Gasteiger partial charge in [0.05, 0.1) is 0 Å². The third-order valence-electron chi connectivity index (χ3n) is 3.79. The third-order valence-corrected chi connectivity index (χ3v) is 3.79. The molecule has 0 amide bonds. The van der Waals surface area contributed by atoms with Crippen molar-refractivity contribution < 1.29 is 9.84 Å². The molecule has 1 saturated heterocycles. The van der Waals surface area contributed by atoms with Crippen LogP contribution >= 0.6 is 0 Å². The van der Waals surface area contributed by atoms with Crippen molar-refractivity contribution in [1.82, 2.24) is 10.6 Å². The summed E-state index contributed by atoms with van der Waals surface area (Å²) >= 11 is 0. The van der Waals surface area contributed by atoms with Crippen LogP contribution in [-0.4, -0.2) is 43.2 Å². The van der Waals surface area contributed by atoms with Crippen molar-refractivity contribution >= 4 is 0 Å². The van der Waals surface area contributed by atoms with E-state index in [1.165, 1.54) is 25.7 Å². The Morgan fingerprint density at radius 3 is 2.55 bits per heavy atom. The lowest BCUT2D eigenvalue weighted by Gasteiger charge is -2.41. The monoisotopic (exact) mass is 282 g/mol. The van der Waals surface area contributed by atoms with Crippen molar-refractivity contribution in [1.29, 1.82) is 0 Å². The largest absolute Gasteiger partial charge is 0.384 e. The molecule has 1 aliphatic heterocycles. The topological polar surface area (TPSA) is 53.5 Å². The smallest absolute Gasteiger partial charge is 0.125 e. The molecule has 0 bridgehead atoms. The molecule has 1 heterocycles. The van der Waals surface area contributed by atoms with E-state index in [9.17, 15) is 0 Å². The third kappa shape index (κ3) is 5.80. The molecule has 1 rings (SSSR count). The van der Waals surface area contributed by atoms with E-state index in [0.29, 0.717) is 24.6 Å². The Morgan fingerprint density at radius 2 is 1.95 bits per heavy atom. The standard InChI is InChI=1S/C16H30N2O2/c1-4-8-14(9-5-2)15-16(17-12-13(3)18-15)20-11-7-6-10-19/h13-19H,4-5,8-12H2,1-3H3/t13-,15?,16?/m1/s1. The highest BCUT2D eigenvalue weighted by Gasteiger charge is 2.33. The summed E-state index contributed by atoms with van der Waals surface area (Å²) in [6.07, 6.45) is 4.87. The highest BCUT2D eigenvalue weighted by molar-refractivity contribution is 4.99. The van der Waals surface area contributed by atoms with Gasteiger partial charge in [0.1, 0.15) is 19.4 Å². The number of hydrogen-bond acceptors (Lipinski definition) is 4. The van der Waals surface area contributed by atoms with E-state index in [0.717, 1.165) is 6.54 Å². The van der Waals surface area contributed by atoms with Crippen LogP contribution < -0.4 is 10.6 Å². The van der Waals surface area contributed by atoms with Crippen molar-refractivity contribution in [3.63, 3.8) is 0 Å². The van der Waals surface area contributed by atoms with Crippen molar-refractivity contribution in [2.75, 3.05) is 19.8 Å². The first kappa shape index (κ1) is 17.5. The van der Waals surface area contributed by atoms with Gasteiger partial charge in [0, 0.05) is 18.6 Å². The number of aliphatic hydroxyl groups is 1. The van der Waals surface area contributed by atoms with E-state index < -0.39 is 0 Å². The van der Waals surface area contributed by atoms with E-state index in [4.69, 9.17) is 9.84 Å². The molecule has 0 saturated carbocycles. The molecular weight excluding hydrogens is 252 g/mol. The Balaban J connectivity index is 2.62. The zero-order valence-electron chi connectivity index (χ0n) is 13.1. The molecule has 3 N–H and O–H groups in total. The highest BCUT2D eigenvalue weighted by Crippen LogP contribution is 2.23. The Labute approximate surface area is 123 Å². The molecule has 3 atom stereocenters. The first-order valence-electron chi connectivity index (χ1n) is 7.90. The van der Waals surface area contributed by atoms with Crippen LogP contribution in [0.2, 0.25) is 0 Å². The van der Waals surface area contributed by atoms with E-state index in [2.05, 4.69) is 43.2 Å². The lowest BCUT2D eigenvalue weighted by molar-refractivity contribution is -0.0187. The van der Waals surface area contributed by atoms with Gasteiger partial charge in [-0.25, -0.2) is 0 Å². The van der Waals surface area contributed by atoms with Gasteiger partial charge in [0.25, 0.3) is 0 Å². The fourth-order valence-corrected chi connectivity index (χ4v) is 2.92. The maximum atomic E-state index is 8.66. The first-order chi connectivity index (χ1) is 9.72. The molecule has 4 heteroatoms. The molecule has 116 valence electrons. The zero-order chi connectivity index (χ0) is 14.8. The van der Waals surface area contributed by atoms with Crippen molar-refractivity contribution in [2.24, 2.45) is 5.92 Å². The average Bonchev–Trinajstić information content (AvgIpc) is 2.44. The number of nitrogens with one attached hydrogen (secondary N) is 2. The minimum absolute atomic E-state index is 0.0160. The van der Waals surface area contributed by atoms with Crippen molar-refractivity contribution in [3.05, 3.63) is 0 Å². The molecule has 20 heavy (non-hydrogen) atoms. The van der Waals surface area contributed by atoms with Crippen LogP contribution in [0.4, 0.5) is 0 Å². The fraction of sp³-hybridized carbons (Fsp3) is 0.875. The van der Waals surface area contributed by atoms with Crippen LogP contribution in [0.1, 0.15) is 46.5 Å². The molecule has 0 aromatic rings. The summed E-state index contributed by atoms with van der Waals surface area (Å²) in [4.78, 5) is 0. The SMILES string of the molecule is CCCC(CCC)C1N[C@H](C)CNC1OCC#CCO. The second-order valence-electron chi connectivity index (χ2n) is 5.58. The second kappa shape index (κ2) is 10.2. The van der Waals surface area contributed by atoms with Crippen LogP contribution in [0.25, 0.3) is 0 Å². The molecule has 0 aromatic heterocycles. The Bertz CT molecular complexity index is 305. The second-order valence-corrected chi connectivity index (χ2v) is 5.58. The van der Waals surface area contributed by atoms with Gasteiger partial charge in [-0.1, -0.05) is 38.5 Å². The number of piperazine rings is 1. The van der Waals surface area contributed by atoms with Crippen molar-refractivity contribution in [3.8, 4) is 11.8 Å². The number of ether oxygens (including phenoxy) is 1. The lowest BCUT2D eigenvalue weighted by atomic mass is 9.87. The van der Waals surface area contributed by atoms with Gasteiger partial charge < -0.3 is 15.2 Å². The summed E-state index contributed by atoms with van der Waals surface area (Å²) in [5, 5.41) is 15.8. The Hall–Kier alpha value is -0.600. The van der Waals surface area contributed by atoms with Gasteiger partial charge in [-0.3, -0.25) is 5.32 Å². The predicted molar refractivity (Wildman–Crippen MR) is 82.3 cm³/mol. The van der Waals surface area contributed by atoms with Gasteiger partial charge in [0.15, 0.2) is 0 Å². The summed E-state index contributed by atoms with van der Waals surface area (Å²) in [6, 6.07) is 0.814. The average molecular weight is 282 g/mol. The summed E-state index contributed by atoms with van der Waals surface area (Å²) in [5.74, 6) is 6.09. The quantitative estimate of drug-likeness (QED) is 0.619. The van der Waals surface area contributed by atoms with E-state index in [1.807, 2.05) is 0 Å². The summed E-state index contributed by atoms with van der Waals surface area (Å²) in [5.41, 5.74) is 0. The maximum absolute atomic E-state index is 8.66. The van der Waals surface area contributed by atoms with E-state index in [1.54, 1.807) is 0 Å². The van der Waals surface area contributed by atoms with E-state index >= 15 is 0 Å². The fourth-order valence-electron chi connectivity index (χ4n) is 2.92. The Kier molecular flexibility index (Phi) is 8.88. The molecule has 0 spiro atoms. The van der Waals surface area contributed by atoms with Gasteiger partial charge in [-0.2, -0.15) is 0 Å². The molecule has 0 radical (unpaired) electrons. The summed E-state index contributed by atoms with van der Waals surface area (Å²) < 4.78 is 5.86. The summed E-state index contributed by atoms with van der Waals surface area (Å²) in [7, 11) is 0. The molecule has 1 fully saturated rings. The van der Waals surface area contributed by atoms with Crippen molar-refractivity contribution in [2.45, 2.75) is 64.8 Å². The number of aliphatic hydroxyl groups excluding tert-OH is 1. The van der Waals surface area contributed by atoms with Crippen LogP contribution in [0.3, 0.4) is 0 Å². The van der Waals surface area contributed by atoms with Gasteiger partial charge in [-0.15, -0.1) is 0 Å². The molecule has 2 unspecified atom stereocenters. The predicted octanol–water partition coefficient (Wildman–Crippen LogP) is 1.49. The number of hydrogen-bond donors (Lipinski definition) is 3.